The van der Waals surface area contributed by atoms with E-state index >= 15 is 0 Å². The Morgan fingerprint density at radius 2 is 1.94 bits per heavy atom. The molecule has 0 bridgehead atoms. The zero-order valence-electron chi connectivity index (χ0n) is 9.80. The maximum absolute atomic E-state index is 11.0. The van der Waals surface area contributed by atoms with Crippen molar-refractivity contribution >= 4 is 11.7 Å². The Morgan fingerprint density at radius 1 is 1.38 bits per heavy atom. The summed E-state index contributed by atoms with van der Waals surface area (Å²) in [4.78, 5) is 12.9. The van der Waals surface area contributed by atoms with E-state index in [0.717, 1.165) is 11.3 Å². The van der Waals surface area contributed by atoms with Gasteiger partial charge in [0.2, 0.25) is 0 Å². The lowest BCUT2D eigenvalue weighted by Gasteiger charge is -2.14. The van der Waals surface area contributed by atoms with Gasteiger partial charge in [0.05, 0.1) is 19.6 Å². The highest BCUT2D eigenvalue weighted by Crippen LogP contribution is 2.20. The minimum atomic E-state index is -0.802. The van der Waals surface area contributed by atoms with Gasteiger partial charge >= 0.3 is 5.97 Å². The summed E-state index contributed by atoms with van der Waals surface area (Å²) in [5.41, 5.74) is 1.77. The van der Waals surface area contributed by atoms with Gasteiger partial charge in [-0.25, -0.2) is 0 Å². The summed E-state index contributed by atoms with van der Waals surface area (Å²) in [6, 6.07) is 7.41. The Balaban J connectivity index is 2.70. The zero-order valence-corrected chi connectivity index (χ0v) is 9.80. The molecule has 0 heterocycles. The fraction of sp³-hybridized carbons (Fsp3) is 0.417. The number of methoxy groups -OCH3 is 1. The van der Waals surface area contributed by atoms with Gasteiger partial charge in [0.15, 0.2) is 0 Å². The number of hydrogen-bond acceptors (Lipinski definition) is 4. The quantitative estimate of drug-likeness (QED) is 0.783. The lowest BCUT2D eigenvalue weighted by Crippen LogP contribution is -2.10. The number of aliphatic hydroxyl groups is 1. The molecule has 0 aromatic heterocycles. The molecular weight excluding hydrogens is 206 g/mol. The largest absolute Gasteiger partial charge is 0.469 e. The molecule has 1 atom stereocenters. The van der Waals surface area contributed by atoms with Crippen LogP contribution in [-0.2, 0) is 9.53 Å². The van der Waals surface area contributed by atoms with Crippen molar-refractivity contribution < 1.29 is 14.6 Å². The zero-order chi connectivity index (χ0) is 12.1. The Labute approximate surface area is 95.5 Å². The molecule has 0 aliphatic rings. The van der Waals surface area contributed by atoms with Crippen LogP contribution in [0.4, 0.5) is 5.69 Å². The maximum Gasteiger partial charge on any atom is 0.308 e. The van der Waals surface area contributed by atoms with Crippen LogP contribution in [0.3, 0.4) is 0 Å². The second-order valence-corrected chi connectivity index (χ2v) is 3.78. The van der Waals surface area contributed by atoms with Gasteiger partial charge in [-0.1, -0.05) is 12.1 Å². The molecule has 4 heteroatoms. The fourth-order valence-corrected chi connectivity index (χ4v) is 1.35. The molecule has 4 nitrogen and oxygen atoms in total. The molecule has 0 saturated heterocycles. The van der Waals surface area contributed by atoms with Crippen LogP contribution in [0.15, 0.2) is 24.3 Å². The van der Waals surface area contributed by atoms with E-state index in [2.05, 4.69) is 4.74 Å². The van der Waals surface area contributed by atoms with Crippen molar-refractivity contribution in [3.63, 3.8) is 0 Å². The summed E-state index contributed by atoms with van der Waals surface area (Å²) < 4.78 is 4.50. The summed E-state index contributed by atoms with van der Waals surface area (Å²) in [5, 5.41) is 9.74. The van der Waals surface area contributed by atoms with E-state index in [9.17, 15) is 9.90 Å². The first-order chi connectivity index (χ1) is 7.54. The van der Waals surface area contributed by atoms with Crippen LogP contribution in [0.1, 0.15) is 18.1 Å². The Hall–Kier alpha value is -1.55. The molecule has 1 N–H and O–H groups in total. The van der Waals surface area contributed by atoms with Crippen molar-refractivity contribution in [3.8, 4) is 0 Å². The number of ether oxygens (including phenoxy) is 1. The standard InChI is InChI=1S/C12H17NO3/c1-13(2)10-6-4-9(5-7-10)11(14)8-12(15)16-3/h4-7,11,14H,8H2,1-3H3/t11-/m1/s1. The number of esters is 1. The van der Waals surface area contributed by atoms with E-state index in [-0.39, 0.29) is 6.42 Å². The number of carbonyl (C=O) groups excluding carboxylic acids is 1. The molecule has 1 aromatic carbocycles. The summed E-state index contributed by atoms with van der Waals surface area (Å²) in [6.07, 6.45) is -0.818. The highest BCUT2D eigenvalue weighted by atomic mass is 16.5. The van der Waals surface area contributed by atoms with E-state index in [4.69, 9.17) is 0 Å². The van der Waals surface area contributed by atoms with Crippen molar-refractivity contribution in [2.45, 2.75) is 12.5 Å². The first-order valence-electron chi connectivity index (χ1n) is 5.06. The third-order valence-electron chi connectivity index (χ3n) is 2.38. The number of rotatable bonds is 4. The molecule has 1 rings (SSSR count). The highest BCUT2D eigenvalue weighted by molar-refractivity contribution is 5.70. The molecule has 0 radical (unpaired) electrons. The van der Waals surface area contributed by atoms with Crippen LogP contribution < -0.4 is 4.90 Å². The van der Waals surface area contributed by atoms with Gasteiger partial charge < -0.3 is 14.7 Å². The number of benzene rings is 1. The fourth-order valence-electron chi connectivity index (χ4n) is 1.35. The van der Waals surface area contributed by atoms with Crippen LogP contribution in [-0.4, -0.2) is 32.3 Å². The SMILES string of the molecule is COC(=O)C[C@@H](O)c1ccc(N(C)C)cc1. The van der Waals surface area contributed by atoms with Crippen molar-refractivity contribution in [1.29, 1.82) is 0 Å². The minimum absolute atomic E-state index is 0.0161. The van der Waals surface area contributed by atoms with Gasteiger partial charge in [0.1, 0.15) is 0 Å². The molecular formula is C12H17NO3. The molecule has 0 amide bonds. The van der Waals surface area contributed by atoms with Crippen LogP contribution in [0.25, 0.3) is 0 Å². The summed E-state index contributed by atoms with van der Waals surface area (Å²) in [7, 11) is 5.20. The third-order valence-corrected chi connectivity index (χ3v) is 2.38. The van der Waals surface area contributed by atoms with Crippen LogP contribution in [0, 0.1) is 0 Å². The number of hydrogen-bond donors (Lipinski definition) is 1. The molecule has 0 aliphatic heterocycles. The number of anilines is 1. The second kappa shape index (κ2) is 5.51. The smallest absolute Gasteiger partial charge is 0.308 e. The molecule has 0 spiro atoms. The molecule has 0 aliphatic carbocycles. The van der Waals surface area contributed by atoms with Crippen molar-refractivity contribution in [2.24, 2.45) is 0 Å². The average molecular weight is 223 g/mol. The Kier molecular flexibility index (Phi) is 4.31. The predicted octanol–water partition coefficient (Wildman–Crippen LogP) is 1.35. The summed E-state index contributed by atoms with van der Waals surface area (Å²) in [5.74, 6) is -0.413. The van der Waals surface area contributed by atoms with E-state index < -0.39 is 12.1 Å². The molecule has 16 heavy (non-hydrogen) atoms. The van der Waals surface area contributed by atoms with Gasteiger partial charge in [-0.15, -0.1) is 0 Å². The Morgan fingerprint density at radius 3 is 2.38 bits per heavy atom. The lowest BCUT2D eigenvalue weighted by atomic mass is 10.1. The van der Waals surface area contributed by atoms with Crippen LogP contribution in [0.5, 0.6) is 0 Å². The molecule has 0 unspecified atom stereocenters. The van der Waals surface area contributed by atoms with Gasteiger partial charge in [-0.2, -0.15) is 0 Å². The topological polar surface area (TPSA) is 49.8 Å². The van der Waals surface area contributed by atoms with E-state index in [0.29, 0.717) is 0 Å². The summed E-state index contributed by atoms with van der Waals surface area (Å²) in [6.45, 7) is 0. The molecule has 88 valence electrons. The van der Waals surface area contributed by atoms with Crippen LogP contribution in [0.2, 0.25) is 0 Å². The van der Waals surface area contributed by atoms with Crippen molar-refractivity contribution in [2.75, 3.05) is 26.1 Å². The lowest BCUT2D eigenvalue weighted by molar-refractivity contribution is -0.142. The number of carbonyl (C=O) groups is 1. The third kappa shape index (κ3) is 3.24. The van der Waals surface area contributed by atoms with Gasteiger partial charge in [0.25, 0.3) is 0 Å². The van der Waals surface area contributed by atoms with E-state index in [1.165, 1.54) is 7.11 Å². The highest BCUT2D eigenvalue weighted by Gasteiger charge is 2.13. The van der Waals surface area contributed by atoms with Crippen LogP contribution >= 0.6 is 0 Å². The minimum Gasteiger partial charge on any atom is -0.469 e. The second-order valence-electron chi connectivity index (χ2n) is 3.78. The average Bonchev–Trinajstić information content (AvgIpc) is 2.28. The van der Waals surface area contributed by atoms with E-state index in [1.807, 2.05) is 43.3 Å². The maximum atomic E-state index is 11.0. The number of nitrogens with zero attached hydrogens (tertiary/aromatic N) is 1. The van der Waals surface area contributed by atoms with E-state index in [1.54, 1.807) is 0 Å². The first-order valence-corrected chi connectivity index (χ1v) is 5.06. The van der Waals surface area contributed by atoms with Crippen molar-refractivity contribution in [1.82, 2.24) is 0 Å². The van der Waals surface area contributed by atoms with Gasteiger partial charge in [-0.3, -0.25) is 4.79 Å². The van der Waals surface area contributed by atoms with Gasteiger partial charge in [0, 0.05) is 19.8 Å². The normalized spacial score (nSPS) is 12.0. The number of aliphatic hydroxyl groups excluding tert-OH is 1. The summed E-state index contributed by atoms with van der Waals surface area (Å²) >= 11 is 0. The first kappa shape index (κ1) is 12.5. The molecule has 1 aromatic rings. The van der Waals surface area contributed by atoms with Gasteiger partial charge in [-0.05, 0) is 17.7 Å². The predicted molar refractivity (Wildman–Crippen MR) is 62.4 cm³/mol. The molecule has 0 saturated carbocycles. The van der Waals surface area contributed by atoms with Crippen molar-refractivity contribution in [3.05, 3.63) is 29.8 Å². The monoisotopic (exact) mass is 223 g/mol. The Bertz CT molecular complexity index is 346. The molecule has 0 fully saturated rings.